The Morgan fingerprint density at radius 2 is 1.23 bits per heavy atom. The molecule has 3 aliphatic heterocycles. The van der Waals surface area contributed by atoms with Crippen molar-refractivity contribution in [2.45, 2.75) is 224 Å². The SMILES string of the molecule is CC(=O)O[C@H]1[C@H](OC(=O)C(C)C)C(C)(C)C[C@H]2C3=CC[C@@H]4[C@@]5(C)CC[C@H](O[C@@H]6O[C@H](C(=O)O)[C@@H](O[C@@H]7O[C@H](CO)[C@@H](O)[C@H](O)[C@H]7O)[C@H](O)[C@H]6O[C@@H]6O[C@H](CO)[C@@H](O)[C@H](O)[C@H]6O)[C@](C)(CO)[C@@H]5CC[C@@]4(C)[C@]3(C)C[C@@H](O)[C@]21CO. The minimum atomic E-state index is -2.17. The fourth-order valence-electron chi connectivity index (χ4n) is 16.2. The summed E-state index contributed by atoms with van der Waals surface area (Å²) in [5.41, 5.74) is -4.04. The van der Waals surface area contributed by atoms with Gasteiger partial charge in [-0.05, 0) is 78.9 Å². The number of carboxylic acids is 1. The van der Waals surface area contributed by atoms with Gasteiger partial charge in [0.05, 0.1) is 50.0 Å². The number of hydrogen-bond acceptors (Lipinski definition) is 23. The van der Waals surface area contributed by atoms with E-state index in [0.29, 0.717) is 32.1 Å². The number of carbonyl (C=O) groups is 3. The van der Waals surface area contributed by atoms with Gasteiger partial charge in [-0.15, -0.1) is 0 Å². The van der Waals surface area contributed by atoms with Gasteiger partial charge in [0.15, 0.2) is 25.0 Å². The van der Waals surface area contributed by atoms with E-state index in [4.69, 9.17) is 37.9 Å². The van der Waals surface area contributed by atoms with Gasteiger partial charge in [0.1, 0.15) is 79.4 Å². The van der Waals surface area contributed by atoms with Gasteiger partial charge in [-0.2, -0.15) is 0 Å². The summed E-state index contributed by atoms with van der Waals surface area (Å²) in [6, 6.07) is 0. The molecule has 8 rings (SSSR count). The third-order valence-corrected chi connectivity index (χ3v) is 20.8. The zero-order valence-electron chi connectivity index (χ0n) is 45.9. The minimum Gasteiger partial charge on any atom is -0.479 e. The van der Waals surface area contributed by atoms with E-state index < -0.39 is 205 Å². The molecular formula is C54H86O24. The van der Waals surface area contributed by atoms with Crippen LogP contribution in [0.3, 0.4) is 0 Å². The second kappa shape index (κ2) is 22.2. The Balaban J connectivity index is 1.11. The third kappa shape index (κ3) is 9.69. The largest absolute Gasteiger partial charge is 0.479 e. The fourth-order valence-corrected chi connectivity index (χ4v) is 16.2. The van der Waals surface area contributed by atoms with Gasteiger partial charge in [-0.25, -0.2) is 4.79 Å². The predicted octanol–water partition coefficient (Wildman–Crippen LogP) is -1.63. The van der Waals surface area contributed by atoms with Crippen LogP contribution in [0.25, 0.3) is 0 Å². The first-order chi connectivity index (χ1) is 36.4. The van der Waals surface area contributed by atoms with Crippen LogP contribution in [0.5, 0.6) is 0 Å². The average Bonchev–Trinajstić information content (AvgIpc) is 2.21. The number of fused-ring (bicyclic) bond motifs is 7. The molecule has 0 amide bonds. The molecule has 7 fully saturated rings. The van der Waals surface area contributed by atoms with Crippen LogP contribution in [0.1, 0.15) is 107 Å². The standard InChI is InChI=1S/C54H86O24/c1-22(2)45(70)78-42-43(71-23(3)59)54(21-58)25(16-49(42,4)5)24-10-11-29-50(6)14-13-31(51(7,20-57)28(50)12-15-52(29,8)53(24,9)17-30(54)60)74-48-40(76-47-37(66)35(64)33(62)27(19-56)73-47)38(67)39(41(77-48)44(68)69)75-46-36(65)34(63)32(61)26(18-55)72-46/h10,22,25-43,46-48,55-58,60-67H,11-21H2,1-9H3,(H,68,69)/t25-,26+,27+,28+,29+,30+,31-,32+,33+,34-,35-,36+,37+,38-,39-,40+,41-,42-,43-,46-,47-,48+,50-,51+,52+,53+,54-/m0/s1. The highest BCUT2D eigenvalue weighted by atomic mass is 16.8. The van der Waals surface area contributed by atoms with E-state index in [9.17, 15) is 80.8 Å². The van der Waals surface area contributed by atoms with Crippen LogP contribution in [-0.4, -0.2) is 227 Å². The van der Waals surface area contributed by atoms with Crippen molar-refractivity contribution < 1.29 is 119 Å². The van der Waals surface area contributed by atoms with Gasteiger partial charge in [-0.1, -0.05) is 67.0 Å². The van der Waals surface area contributed by atoms with Crippen molar-refractivity contribution in [1.29, 1.82) is 0 Å². The van der Waals surface area contributed by atoms with Crippen LogP contribution in [0.2, 0.25) is 0 Å². The average molecular weight is 1120 g/mol. The van der Waals surface area contributed by atoms with Gasteiger partial charge >= 0.3 is 17.9 Å². The Labute approximate surface area is 453 Å². The van der Waals surface area contributed by atoms with Crippen LogP contribution in [0.15, 0.2) is 11.6 Å². The monoisotopic (exact) mass is 1120 g/mol. The number of carbonyl (C=O) groups excluding carboxylic acids is 2. The Morgan fingerprint density at radius 3 is 1.74 bits per heavy atom. The van der Waals surface area contributed by atoms with Crippen LogP contribution >= 0.6 is 0 Å². The molecule has 0 spiro atoms. The molecule has 0 bridgehead atoms. The topological polar surface area (TPSA) is 388 Å². The molecule has 0 aromatic rings. The molecule has 78 heavy (non-hydrogen) atoms. The summed E-state index contributed by atoms with van der Waals surface area (Å²) < 4.78 is 48.1. The summed E-state index contributed by atoms with van der Waals surface area (Å²) in [4.78, 5) is 39.3. The summed E-state index contributed by atoms with van der Waals surface area (Å²) in [6.07, 6.45) is -27.9. The molecule has 4 saturated carbocycles. The number of esters is 2. The number of allylic oxidation sites excluding steroid dienone is 2. The number of carboxylic acid groups (broad SMARTS) is 1. The number of rotatable bonds is 14. The van der Waals surface area contributed by atoms with E-state index in [1.54, 1.807) is 13.8 Å². The molecule has 24 nitrogen and oxygen atoms in total. The zero-order valence-corrected chi connectivity index (χ0v) is 45.9. The van der Waals surface area contributed by atoms with Crippen LogP contribution in [0, 0.1) is 56.2 Å². The van der Waals surface area contributed by atoms with Gasteiger partial charge < -0.3 is 104 Å². The maximum absolute atomic E-state index is 13.2. The molecule has 3 saturated heterocycles. The van der Waals surface area contributed by atoms with Crippen LogP contribution in [-0.2, 0) is 52.3 Å². The Morgan fingerprint density at radius 1 is 0.654 bits per heavy atom. The lowest BCUT2D eigenvalue weighted by molar-refractivity contribution is -0.392. The summed E-state index contributed by atoms with van der Waals surface area (Å²) >= 11 is 0. The van der Waals surface area contributed by atoms with Crippen molar-refractivity contribution in [3.8, 4) is 0 Å². The first-order valence-electron chi connectivity index (χ1n) is 27.5. The molecule has 446 valence electrons. The Bertz CT molecular complexity index is 2210. The van der Waals surface area contributed by atoms with Crippen molar-refractivity contribution in [2.24, 2.45) is 56.2 Å². The minimum absolute atomic E-state index is 0.0782. The second-order valence-corrected chi connectivity index (χ2v) is 25.7. The first kappa shape index (κ1) is 61.5. The van der Waals surface area contributed by atoms with E-state index in [0.717, 1.165) is 5.57 Å². The maximum atomic E-state index is 13.2. The number of aliphatic carboxylic acids is 1. The molecule has 8 aliphatic rings. The fraction of sp³-hybridized carbons (Fsp3) is 0.907. The third-order valence-electron chi connectivity index (χ3n) is 20.8. The van der Waals surface area contributed by atoms with E-state index in [2.05, 4.69) is 26.8 Å². The van der Waals surface area contributed by atoms with E-state index in [-0.39, 0.29) is 24.7 Å². The van der Waals surface area contributed by atoms with Crippen molar-refractivity contribution in [1.82, 2.24) is 0 Å². The molecule has 0 aromatic carbocycles. The number of ether oxygens (including phenoxy) is 8. The van der Waals surface area contributed by atoms with Crippen molar-refractivity contribution in [3.05, 3.63) is 11.6 Å². The summed E-state index contributed by atoms with van der Waals surface area (Å²) in [5, 5.41) is 143. The van der Waals surface area contributed by atoms with E-state index in [1.165, 1.54) is 6.92 Å². The smallest absolute Gasteiger partial charge is 0.335 e. The maximum Gasteiger partial charge on any atom is 0.335 e. The highest BCUT2D eigenvalue weighted by molar-refractivity contribution is 5.73. The molecular weight excluding hydrogens is 1030 g/mol. The number of hydrogen-bond donors (Lipinski definition) is 13. The van der Waals surface area contributed by atoms with Gasteiger partial charge in [-0.3, -0.25) is 9.59 Å². The van der Waals surface area contributed by atoms with Crippen molar-refractivity contribution in [3.63, 3.8) is 0 Å². The lowest BCUT2D eigenvalue weighted by Gasteiger charge is -2.72. The number of aliphatic hydroxyl groups is 12. The molecule has 27 atom stereocenters. The normalized spacial score (nSPS) is 51.0. The Hall–Kier alpha value is -2.57. The molecule has 0 radical (unpaired) electrons. The molecule has 24 heteroatoms. The van der Waals surface area contributed by atoms with Gasteiger partial charge in [0, 0.05) is 17.8 Å². The summed E-state index contributed by atoms with van der Waals surface area (Å²) in [6.45, 7) is 14.2. The highest BCUT2D eigenvalue weighted by Gasteiger charge is 2.74. The Kier molecular flexibility index (Phi) is 17.5. The number of aliphatic hydroxyl groups excluding tert-OH is 12. The molecule has 0 aromatic heterocycles. The quantitative estimate of drug-likeness (QED) is 0.0527. The van der Waals surface area contributed by atoms with E-state index in [1.807, 2.05) is 20.8 Å². The molecule has 5 aliphatic carbocycles. The summed E-state index contributed by atoms with van der Waals surface area (Å²) in [5.74, 6) is -4.24. The van der Waals surface area contributed by atoms with E-state index >= 15 is 0 Å². The first-order valence-corrected chi connectivity index (χ1v) is 27.5. The van der Waals surface area contributed by atoms with Gasteiger partial charge in [0.25, 0.3) is 0 Å². The second-order valence-electron chi connectivity index (χ2n) is 25.7. The van der Waals surface area contributed by atoms with Crippen LogP contribution in [0.4, 0.5) is 0 Å². The molecule has 3 heterocycles. The lowest BCUT2D eigenvalue weighted by atomic mass is 9.33. The lowest BCUT2D eigenvalue weighted by Crippen LogP contribution is -2.72. The van der Waals surface area contributed by atoms with Crippen molar-refractivity contribution >= 4 is 17.9 Å². The predicted molar refractivity (Wildman–Crippen MR) is 264 cm³/mol. The highest BCUT2D eigenvalue weighted by Crippen LogP contribution is 2.76. The molecule has 13 N–H and O–H groups in total. The summed E-state index contributed by atoms with van der Waals surface area (Å²) in [7, 11) is 0. The molecule has 0 unspecified atom stereocenters. The van der Waals surface area contributed by atoms with Gasteiger partial charge in [0.2, 0.25) is 0 Å². The zero-order chi connectivity index (χ0) is 57.7. The van der Waals surface area contributed by atoms with Crippen LogP contribution < -0.4 is 0 Å². The van der Waals surface area contributed by atoms with Crippen molar-refractivity contribution in [2.75, 3.05) is 26.4 Å².